The van der Waals surface area contributed by atoms with Crippen molar-refractivity contribution >= 4 is 22.8 Å². The van der Waals surface area contributed by atoms with Gasteiger partial charge in [0.15, 0.2) is 0 Å². The van der Waals surface area contributed by atoms with Crippen LogP contribution in [0.15, 0.2) is 0 Å². The van der Waals surface area contributed by atoms with E-state index in [4.69, 9.17) is 16.7 Å². The number of aliphatic carboxylic acids is 1. The fourth-order valence-electron chi connectivity index (χ4n) is 1.57. The minimum absolute atomic E-state index is 0.109. The summed E-state index contributed by atoms with van der Waals surface area (Å²) < 4.78 is 0. The summed E-state index contributed by atoms with van der Waals surface area (Å²) >= 11 is 5.30. The van der Waals surface area contributed by atoms with E-state index >= 15 is 0 Å². The van der Waals surface area contributed by atoms with Crippen LogP contribution in [0.5, 0.6) is 0 Å². The van der Waals surface area contributed by atoms with E-state index in [1.807, 2.05) is 0 Å². The summed E-state index contributed by atoms with van der Waals surface area (Å²) in [4.78, 5) is 21.2. The molecule has 4 heteroatoms. The van der Waals surface area contributed by atoms with Crippen LogP contribution in [-0.2, 0) is 9.59 Å². The lowest BCUT2D eigenvalue weighted by atomic mass is 9.83. The molecular formula is C8H11ClO3. The number of carboxylic acid groups (broad SMARTS) is 1. The average Bonchev–Trinajstić information content (AvgIpc) is 2.04. The first-order valence-corrected chi connectivity index (χ1v) is 4.41. The van der Waals surface area contributed by atoms with Crippen LogP contribution in [0.3, 0.4) is 0 Å². The van der Waals surface area contributed by atoms with Crippen LogP contribution in [-0.4, -0.2) is 16.3 Å². The molecule has 1 rings (SSSR count). The molecule has 1 aliphatic rings. The standard InChI is InChI=1S/C8H11ClO3/c9-7(10)5-1-3-6(4-2-5)8(11)12/h5-6H,1-4H2,(H,11,12). The van der Waals surface area contributed by atoms with Gasteiger partial charge in [-0.2, -0.15) is 0 Å². The highest BCUT2D eigenvalue weighted by molar-refractivity contribution is 6.63. The highest BCUT2D eigenvalue weighted by atomic mass is 35.5. The second-order valence-corrected chi connectivity index (χ2v) is 3.56. The summed E-state index contributed by atoms with van der Waals surface area (Å²) in [5.41, 5.74) is 0. The molecule has 68 valence electrons. The summed E-state index contributed by atoms with van der Waals surface area (Å²) in [6.07, 6.45) is 2.41. The van der Waals surface area contributed by atoms with E-state index in [2.05, 4.69) is 0 Å². The van der Waals surface area contributed by atoms with Gasteiger partial charge in [-0.15, -0.1) is 0 Å². The van der Waals surface area contributed by atoms with Crippen LogP contribution in [0.1, 0.15) is 25.7 Å². The molecule has 0 saturated heterocycles. The Kier molecular flexibility index (Phi) is 3.09. The van der Waals surface area contributed by atoms with Gasteiger partial charge < -0.3 is 5.11 Å². The maximum atomic E-state index is 10.7. The van der Waals surface area contributed by atoms with E-state index in [-0.39, 0.29) is 17.1 Å². The van der Waals surface area contributed by atoms with Crippen LogP contribution in [0.4, 0.5) is 0 Å². The molecule has 12 heavy (non-hydrogen) atoms. The molecule has 0 aromatic rings. The van der Waals surface area contributed by atoms with Gasteiger partial charge in [-0.05, 0) is 37.3 Å². The highest BCUT2D eigenvalue weighted by Crippen LogP contribution is 2.30. The summed E-state index contributed by atoms with van der Waals surface area (Å²) in [6.45, 7) is 0. The van der Waals surface area contributed by atoms with Crippen molar-refractivity contribution in [1.29, 1.82) is 0 Å². The quantitative estimate of drug-likeness (QED) is 0.674. The van der Waals surface area contributed by atoms with E-state index in [1.165, 1.54) is 0 Å². The Labute approximate surface area is 75.7 Å². The molecule has 0 bridgehead atoms. The number of rotatable bonds is 2. The van der Waals surface area contributed by atoms with Crippen molar-refractivity contribution in [2.45, 2.75) is 25.7 Å². The molecule has 0 aromatic carbocycles. The Bertz CT molecular complexity index is 172. The van der Waals surface area contributed by atoms with Gasteiger partial charge in [0.05, 0.1) is 5.92 Å². The number of hydrogen-bond acceptors (Lipinski definition) is 2. The molecule has 0 radical (unpaired) electrons. The molecular weight excluding hydrogens is 180 g/mol. The maximum Gasteiger partial charge on any atom is 0.306 e. The number of halogens is 1. The Balaban J connectivity index is 2.39. The molecule has 1 N–H and O–H groups in total. The Morgan fingerprint density at radius 2 is 1.50 bits per heavy atom. The number of carbonyl (C=O) groups is 2. The number of carbonyl (C=O) groups excluding carboxylic acids is 1. The predicted molar refractivity (Wildman–Crippen MR) is 43.9 cm³/mol. The molecule has 0 aromatic heterocycles. The van der Waals surface area contributed by atoms with E-state index in [9.17, 15) is 9.59 Å². The van der Waals surface area contributed by atoms with Gasteiger partial charge in [-0.1, -0.05) is 0 Å². The van der Waals surface area contributed by atoms with Crippen molar-refractivity contribution in [2.24, 2.45) is 11.8 Å². The molecule has 0 spiro atoms. The maximum absolute atomic E-state index is 10.7. The van der Waals surface area contributed by atoms with Gasteiger partial charge in [-0.3, -0.25) is 9.59 Å². The molecule has 0 atom stereocenters. The molecule has 0 unspecified atom stereocenters. The fraction of sp³-hybridized carbons (Fsp3) is 0.750. The third-order valence-electron chi connectivity index (χ3n) is 2.40. The van der Waals surface area contributed by atoms with E-state index in [0.717, 1.165) is 0 Å². The van der Waals surface area contributed by atoms with Gasteiger partial charge in [0.25, 0.3) is 0 Å². The third-order valence-corrected chi connectivity index (χ3v) is 2.71. The summed E-state index contributed by atoms with van der Waals surface area (Å²) in [7, 11) is 0. The molecule has 0 aliphatic heterocycles. The highest BCUT2D eigenvalue weighted by Gasteiger charge is 2.28. The monoisotopic (exact) mass is 190 g/mol. The average molecular weight is 191 g/mol. The van der Waals surface area contributed by atoms with Crippen molar-refractivity contribution in [3.05, 3.63) is 0 Å². The van der Waals surface area contributed by atoms with Gasteiger partial charge >= 0.3 is 5.97 Å². The predicted octanol–water partition coefficient (Wildman–Crippen LogP) is 1.64. The molecule has 0 amide bonds. The number of carboxylic acids is 1. The van der Waals surface area contributed by atoms with Crippen LogP contribution in [0.2, 0.25) is 0 Å². The minimum atomic E-state index is -0.754. The summed E-state index contributed by atoms with van der Waals surface area (Å²) in [5, 5.41) is 8.32. The molecule has 1 aliphatic carbocycles. The smallest absolute Gasteiger partial charge is 0.306 e. The zero-order valence-corrected chi connectivity index (χ0v) is 7.38. The third kappa shape index (κ3) is 2.21. The van der Waals surface area contributed by atoms with Crippen LogP contribution < -0.4 is 0 Å². The normalized spacial score (nSPS) is 29.8. The molecule has 1 saturated carbocycles. The first-order chi connectivity index (χ1) is 5.61. The first kappa shape index (κ1) is 9.52. The zero-order chi connectivity index (χ0) is 9.14. The topological polar surface area (TPSA) is 54.4 Å². The number of hydrogen-bond donors (Lipinski definition) is 1. The first-order valence-electron chi connectivity index (χ1n) is 4.03. The van der Waals surface area contributed by atoms with Crippen molar-refractivity contribution in [3.8, 4) is 0 Å². The minimum Gasteiger partial charge on any atom is -0.481 e. The lowest BCUT2D eigenvalue weighted by Crippen LogP contribution is -2.23. The second-order valence-electron chi connectivity index (χ2n) is 3.19. The summed E-state index contributed by atoms with van der Waals surface area (Å²) in [5.74, 6) is -1.13. The van der Waals surface area contributed by atoms with Crippen molar-refractivity contribution in [2.75, 3.05) is 0 Å². The van der Waals surface area contributed by atoms with Crippen molar-refractivity contribution in [1.82, 2.24) is 0 Å². The summed E-state index contributed by atoms with van der Waals surface area (Å²) in [6, 6.07) is 0. The lowest BCUT2D eigenvalue weighted by Gasteiger charge is -2.22. The Morgan fingerprint density at radius 3 is 1.83 bits per heavy atom. The molecule has 1 fully saturated rings. The van der Waals surface area contributed by atoms with Gasteiger partial charge in [0.2, 0.25) is 5.24 Å². The Hall–Kier alpha value is -0.570. The Morgan fingerprint density at radius 1 is 1.08 bits per heavy atom. The van der Waals surface area contributed by atoms with E-state index in [1.54, 1.807) is 0 Å². The van der Waals surface area contributed by atoms with E-state index < -0.39 is 5.97 Å². The second kappa shape index (κ2) is 3.90. The zero-order valence-electron chi connectivity index (χ0n) is 6.62. The fourth-order valence-corrected chi connectivity index (χ4v) is 1.79. The van der Waals surface area contributed by atoms with Gasteiger partial charge in [0.1, 0.15) is 0 Å². The van der Waals surface area contributed by atoms with Crippen LogP contribution in [0.25, 0.3) is 0 Å². The largest absolute Gasteiger partial charge is 0.481 e. The molecule has 3 nitrogen and oxygen atoms in total. The SMILES string of the molecule is O=C(O)C1CCC(C(=O)Cl)CC1. The van der Waals surface area contributed by atoms with Crippen molar-refractivity contribution < 1.29 is 14.7 Å². The van der Waals surface area contributed by atoms with Gasteiger partial charge in [-0.25, -0.2) is 0 Å². The van der Waals surface area contributed by atoms with Crippen molar-refractivity contribution in [3.63, 3.8) is 0 Å². The van der Waals surface area contributed by atoms with E-state index in [0.29, 0.717) is 25.7 Å². The lowest BCUT2D eigenvalue weighted by molar-refractivity contribution is -0.143. The molecule has 0 heterocycles. The van der Waals surface area contributed by atoms with Crippen LogP contribution >= 0.6 is 11.6 Å². The van der Waals surface area contributed by atoms with Crippen LogP contribution in [0, 0.1) is 11.8 Å². The van der Waals surface area contributed by atoms with Gasteiger partial charge in [0, 0.05) is 5.92 Å².